The van der Waals surface area contributed by atoms with Crippen molar-refractivity contribution in [3.8, 4) is 10.4 Å². The Morgan fingerprint density at radius 3 is 2.70 bits per heavy atom. The Hall–Kier alpha value is -2.47. The fourth-order valence-electron chi connectivity index (χ4n) is 2.53. The number of aryl methyl sites for hydroxylation is 1. The van der Waals surface area contributed by atoms with Crippen LogP contribution < -0.4 is 11.3 Å². The quantitative estimate of drug-likeness (QED) is 0.782. The number of benzene rings is 1. The molecule has 0 fully saturated rings. The van der Waals surface area contributed by atoms with Crippen molar-refractivity contribution in [2.45, 2.75) is 26.3 Å². The molecule has 6 heteroatoms. The molecule has 3 aromatic rings. The third-order valence-electron chi connectivity index (χ3n) is 3.69. The van der Waals surface area contributed by atoms with Crippen LogP contribution in [0.2, 0.25) is 0 Å². The summed E-state index contributed by atoms with van der Waals surface area (Å²) in [4.78, 5) is 30.1. The van der Waals surface area contributed by atoms with E-state index in [4.69, 9.17) is 5.73 Å². The third-order valence-corrected chi connectivity index (χ3v) is 4.76. The van der Waals surface area contributed by atoms with Crippen molar-refractivity contribution >= 4 is 27.5 Å². The SMILES string of the molecule is CCc1nc2sc(-c3ccccc3)cc2c(=O)n1CCC(N)=O. The van der Waals surface area contributed by atoms with E-state index in [-0.39, 0.29) is 18.5 Å². The Labute approximate surface area is 137 Å². The molecule has 0 atom stereocenters. The third kappa shape index (κ3) is 3.03. The lowest BCUT2D eigenvalue weighted by Gasteiger charge is -2.09. The van der Waals surface area contributed by atoms with Crippen LogP contribution in [0.3, 0.4) is 0 Å². The number of carbonyl (C=O) groups is 1. The van der Waals surface area contributed by atoms with Gasteiger partial charge in [-0.2, -0.15) is 0 Å². The average Bonchev–Trinajstić information content (AvgIpc) is 2.98. The number of hydrogen-bond donors (Lipinski definition) is 1. The Morgan fingerprint density at radius 2 is 2.04 bits per heavy atom. The smallest absolute Gasteiger partial charge is 0.262 e. The minimum Gasteiger partial charge on any atom is -0.370 e. The summed E-state index contributed by atoms with van der Waals surface area (Å²) in [6.07, 6.45) is 0.762. The van der Waals surface area contributed by atoms with Crippen LogP contribution in [0.5, 0.6) is 0 Å². The molecule has 0 radical (unpaired) electrons. The number of amides is 1. The maximum Gasteiger partial charge on any atom is 0.262 e. The summed E-state index contributed by atoms with van der Waals surface area (Å²) in [7, 11) is 0. The van der Waals surface area contributed by atoms with Crippen LogP contribution in [0.4, 0.5) is 0 Å². The van der Waals surface area contributed by atoms with E-state index in [0.29, 0.717) is 17.6 Å². The number of aromatic nitrogens is 2. The van der Waals surface area contributed by atoms with Gasteiger partial charge >= 0.3 is 0 Å². The molecule has 0 saturated heterocycles. The topological polar surface area (TPSA) is 78.0 Å². The van der Waals surface area contributed by atoms with Crippen LogP contribution in [-0.4, -0.2) is 15.5 Å². The van der Waals surface area contributed by atoms with Gasteiger partial charge in [0.1, 0.15) is 10.7 Å². The summed E-state index contributed by atoms with van der Waals surface area (Å²) >= 11 is 1.51. The van der Waals surface area contributed by atoms with Gasteiger partial charge in [0.2, 0.25) is 5.91 Å². The van der Waals surface area contributed by atoms with Gasteiger partial charge in [0.05, 0.1) is 5.39 Å². The van der Waals surface area contributed by atoms with Crippen molar-refractivity contribution in [2.24, 2.45) is 5.73 Å². The Balaban J connectivity index is 2.14. The molecule has 0 aliphatic carbocycles. The molecule has 0 aliphatic heterocycles. The largest absolute Gasteiger partial charge is 0.370 e. The van der Waals surface area contributed by atoms with Gasteiger partial charge in [-0.25, -0.2) is 4.98 Å². The Morgan fingerprint density at radius 1 is 1.30 bits per heavy atom. The second-order valence-corrected chi connectivity index (χ2v) is 6.28. The Bertz CT molecular complexity index is 913. The second kappa shape index (κ2) is 6.34. The number of nitrogens with two attached hydrogens (primary N) is 1. The molecule has 118 valence electrons. The highest BCUT2D eigenvalue weighted by atomic mass is 32.1. The van der Waals surface area contributed by atoms with Crippen LogP contribution in [0, 0.1) is 0 Å². The number of carbonyl (C=O) groups excluding carboxylic acids is 1. The molecule has 1 amide bonds. The molecule has 0 bridgehead atoms. The van der Waals surface area contributed by atoms with Gasteiger partial charge in [0.25, 0.3) is 5.56 Å². The molecule has 0 spiro atoms. The minimum atomic E-state index is -0.422. The fraction of sp³-hybridized carbons (Fsp3) is 0.235. The van der Waals surface area contributed by atoms with E-state index in [2.05, 4.69) is 4.98 Å². The van der Waals surface area contributed by atoms with E-state index < -0.39 is 5.91 Å². The van der Waals surface area contributed by atoms with E-state index in [9.17, 15) is 9.59 Å². The summed E-state index contributed by atoms with van der Waals surface area (Å²) < 4.78 is 1.56. The zero-order valence-corrected chi connectivity index (χ0v) is 13.6. The predicted molar refractivity (Wildman–Crippen MR) is 92.5 cm³/mol. The summed E-state index contributed by atoms with van der Waals surface area (Å²) in [5.41, 5.74) is 6.16. The lowest BCUT2D eigenvalue weighted by Crippen LogP contribution is -2.27. The second-order valence-electron chi connectivity index (χ2n) is 5.25. The van der Waals surface area contributed by atoms with Crippen LogP contribution in [0.1, 0.15) is 19.2 Å². The lowest BCUT2D eigenvalue weighted by molar-refractivity contribution is -0.118. The van der Waals surface area contributed by atoms with Crippen molar-refractivity contribution in [3.05, 3.63) is 52.6 Å². The molecule has 2 heterocycles. The number of fused-ring (bicyclic) bond motifs is 1. The standard InChI is InChI=1S/C17H17N3O2S/c1-2-15-19-16-12(17(22)20(15)9-8-14(18)21)10-13(23-16)11-6-4-3-5-7-11/h3-7,10H,2,8-9H2,1H3,(H2,18,21). The maximum absolute atomic E-state index is 12.7. The lowest BCUT2D eigenvalue weighted by atomic mass is 10.2. The maximum atomic E-state index is 12.7. The van der Waals surface area contributed by atoms with Crippen LogP contribution in [0.15, 0.2) is 41.2 Å². The number of thiophene rings is 1. The number of primary amides is 1. The zero-order valence-electron chi connectivity index (χ0n) is 12.8. The van der Waals surface area contributed by atoms with Crippen LogP contribution >= 0.6 is 11.3 Å². The highest BCUT2D eigenvalue weighted by Gasteiger charge is 2.14. The van der Waals surface area contributed by atoms with Crippen molar-refractivity contribution in [1.82, 2.24) is 9.55 Å². The van der Waals surface area contributed by atoms with E-state index in [1.165, 1.54) is 11.3 Å². The Kier molecular flexibility index (Phi) is 4.25. The van der Waals surface area contributed by atoms with Gasteiger partial charge in [-0.15, -0.1) is 11.3 Å². The summed E-state index contributed by atoms with van der Waals surface area (Å²) in [6.45, 7) is 2.22. The highest BCUT2D eigenvalue weighted by molar-refractivity contribution is 7.21. The summed E-state index contributed by atoms with van der Waals surface area (Å²) in [6, 6.07) is 11.8. The monoisotopic (exact) mass is 327 g/mol. The molecule has 5 nitrogen and oxygen atoms in total. The summed E-state index contributed by atoms with van der Waals surface area (Å²) in [5.74, 6) is 0.263. The van der Waals surface area contributed by atoms with Crippen LogP contribution in [-0.2, 0) is 17.8 Å². The van der Waals surface area contributed by atoms with E-state index in [0.717, 1.165) is 15.3 Å². The normalized spacial score (nSPS) is 11.0. The van der Waals surface area contributed by atoms with Gasteiger partial charge in [-0.1, -0.05) is 37.3 Å². The molecule has 0 saturated carbocycles. The first-order valence-corrected chi connectivity index (χ1v) is 8.28. The van der Waals surface area contributed by atoms with E-state index in [1.807, 2.05) is 43.3 Å². The van der Waals surface area contributed by atoms with Crippen LogP contribution in [0.25, 0.3) is 20.7 Å². The fourth-order valence-corrected chi connectivity index (χ4v) is 3.57. The van der Waals surface area contributed by atoms with Gasteiger partial charge in [-0.05, 0) is 11.6 Å². The molecule has 0 unspecified atom stereocenters. The zero-order chi connectivity index (χ0) is 16.4. The average molecular weight is 327 g/mol. The van der Waals surface area contributed by atoms with Crippen molar-refractivity contribution in [3.63, 3.8) is 0 Å². The molecule has 1 aromatic carbocycles. The molecule has 2 aromatic heterocycles. The van der Waals surface area contributed by atoms with Gasteiger partial charge in [0.15, 0.2) is 0 Å². The van der Waals surface area contributed by atoms with E-state index >= 15 is 0 Å². The van der Waals surface area contributed by atoms with Crippen molar-refractivity contribution < 1.29 is 4.79 Å². The molecular formula is C17H17N3O2S. The molecule has 3 rings (SSSR count). The van der Waals surface area contributed by atoms with Gasteiger partial charge in [0, 0.05) is 24.3 Å². The van der Waals surface area contributed by atoms with Crippen molar-refractivity contribution in [1.29, 1.82) is 0 Å². The number of hydrogen-bond acceptors (Lipinski definition) is 4. The molecule has 2 N–H and O–H groups in total. The summed E-state index contributed by atoms with van der Waals surface area (Å²) in [5, 5.41) is 0.593. The highest BCUT2D eigenvalue weighted by Crippen LogP contribution is 2.31. The molecule has 23 heavy (non-hydrogen) atoms. The van der Waals surface area contributed by atoms with E-state index in [1.54, 1.807) is 4.57 Å². The molecule has 0 aliphatic rings. The minimum absolute atomic E-state index is 0.105. The molecular weight excluding hydrogens is 310 g/mol. The number of nitrogens with zero attached hydrogens (tertiary/aromatic N) is 2. The van der Waals surface area contributed by atoms with Crippen molar-refractivity contribution in [2.75, 3.05) is 0 Å². The first-order valence-electron chi connectivity index (χ1n) is 7.47. The first kappa shape index (κ1) is 15.4. The van der Waals surface area contributed by atoms with Gasteiger partial charge in [-0.3, -0.25) is 14.2 Å². The first-order chi connectivity index (χ1) is 11.1. The predicted octanol–water partition coefficient (Wildman–Crippen LogP) is 2.56. The van der Waals surface area contributed by atoms with Gasteiger partial charge < -0.3 is 5.73 Å². The number of rotatable bonds is 5.